The number of amides is 2. The van der Waals surface area contributed by atoms with Crippen molar-refractivity contribution in [3.8, 4) is 5.75 Å². The number of pyridine rings is 2. The number of aromatic nitrogens is 2. The predicted molar refractivity (Wildman–Crippen MR) is 159 cm³/mol. The highest BCUT2D eigenvalue weighted by Crippen LogP contribution is 2.33. The molecule has 42 heavy (non-hydrogen) atoms. The molecule has 14 heteroatoms. The van der Waals surface area contributed by atoms with Crippen molar-refractivity contribution < 1.29 is 23.8 Å². The summed E-state index contributed by atoms with van der Waals surface area (Å²) < 4.78 is 18.5. The molecule has 2 aromatic heterocycles. The normalized spacial score (nSPS) is 15.2. The second-order valence-electron chi connectivity index (χ2n) is 10.4. The molecule has 1 aliphatic heterocycles. The molecule has 3 aromatic rings. The first-order chi connectivity index (χ1) is 19.9. The molecular formula is C28H30Cl2N6O6. The Balaban J connectivity index is 1.68. The van der Waals surface area contributed by atoms with E-state index < -0.39 is 29.3 Å². The highest BCUT2D eigenvalue weighted by molar-refractivity contribution is 6.36. The third-order valence-corrected chi connectivity index (χ3v) is 6.74. The third-order valence-electron chi connectivity index (χ3n) is 6.17. The lowest BCUT2D eigenvalue weighted by molar-refractivity contribution is -0.122. The van der Waals surface area contributed by atoms with Crippen LogP contribution in [0.3, 0.4) is 0 Å². The number of carbonyl (C=O) groups excluding carboxylic acids is 2. The number of rotatable bonds is 7. The van der Waals surface area contributed by atoms with Crippen molar-refractivity contribution in [3.63, 3.8) is 0 Å². The summed E-state index contributed by atoms with van der Waals surface area (Å²) in [6.45, 7) is 13.2. The number of benzene rings is 1. The summed E-state index contributed by atoms with van der Waals surface area (Å²) in [7, 11) is 1.47. The van der Waals surface area contributed by atoms with E-state index in [1.54, 1.807) is 49.9 Å². The van der Waals surface area contributed by atoms with Crippen molar-refractivity contribution >= 4 is 63.3 Å². The maximum Gasteiger partial charge on any atom is 0.410 e. The van der Waals surface area contributed by atoms with Gasteiger partial charge >= 0.3 is 6.09 Å². The van der Waals surface area contributed by atoms with Crippen LogP contribution < -0.4 is 20.9 Å². The minimum Gasteiger partial charge on any atom is -0.478 e. The maximum atomic E-state index is 13.5. The molecule has 1 unspecified atom stereocenters. The second kappa shape index (κ2) is 12.9. The van der Waals surface area contributed by atoms with Gasteiger partial charge < -0.3 is 34.3 Å². The van der Waals surface area contributed by atoms with Crippen molar-refractivity contribution in [2.75, 3.05) is 38.7 Å². The molecule has 3 heterocycles. The second-order valence-corrected chi connectivity index (χ2v) is 11.2. The molecule has 0 bridgehead atoms. The van der Waals surface area contributed by atoms with Crippen LogP contribution in [-0.4, -0.2) is 71.5 Å². The molecule has 1 aromatic carbocycles. The van der Waals surface area contributed by atoms with Crippen LogP contribution in [0.25, 0.3) is 15.7 Å². The van der Waals surface area contributed by atoms with Crippen LogP contribution in [0.1, 0.15) is 20.8 Å². The fourth-order valence-corrected chi connectivity index (χ4v) is 4.60. The molecule has 12 nitrogen and oxygen atoms in total. The number of nitrogens with one attached hydrogen (secondary N) is 2. The highest BCUT2D eigenvalue weighted by Gasteiger charge is 2.29. The van der Waals surface area contributed by atoms with Gasteiger partial charge in [0, 0.05) is 24.7 Å². The summed E-state index contributed by atoms with van der Waals surface area (Å²) in [5, 5.41) is 6.35. The van der Waals surface area contributed by atoms with Crippen LogP contribution in [0.4, 0.5) is 22.0 Å². The van der Waals surface area contributed by atoms with E-state index in [0.29, 0.717) is 23.1 Å². The molecule has 4 rings (SSSR count). The Bertz CT molecular complexity index is 1610. The summed E-state index contributed by atoms with van der Waals surface area (Å²) >= 11 is 12.4. The van der Waals surface area contributed by atoms with Gasteiger partial charge in [-0.25, -0.2) is 14.6 Å². The van der Waals surface area contributed by atoms with Gasteiger partial charge in [-0.2, -0.15) is 0 Å². The Labute approximate surface area is 252 Å². The van der Waals surface area contributed by atoms with Crippen molar-refractivity contribution in [3.05, 3.63) is 62.3 Å². The van der Waals surface area contributed by atoms with Gasteiger partial charge in [0.1, 0.15) is 16.6 Å². The lowest BCUT2D eigenvalue weighted by atomic mass is 10.1. The van der Waals surface area contributed by atoms with Crippen LogP contribution in [0.5, 0.6) is 5.75 Å². The zero-order valence-corrected chi connectivity index (χ0v) is 25.0. The first-order valence-corrected chi connectivity index (χ1v) is 13.7. The van der Waals surface area contributed by atoms with Crippen molar-refractivity contribution in [1.82, 2.24) is 19.8 Å². The number of morpholine rings is 1. The zero-order chi connectivity index (χ0) is 30.6. The van der Waals surface area contributed by atoms with Crippen LogP contribution in [0.15, 0.2) is 35.1 Å². The van der Waals surface area contributed by atoms with Gasteiger partial charge in [-0.15, -0.1) is 0 Å². The molecule has 1 atom stereocenters. The zero-order valence-electron chi connectivity index (χ0n) is 23.5. The van der Waals surface area contributed by atoms with E-state index in [9.17, 15) is 14.4 Å². The Morgan fingerprint density at radius 3 is 2.69 bits per heavy atom. The molecule has 1 fully saturated rings. The smallest absolute Gasteiger partial charge is 0.410 e. The average molecular weight is 617 g/mol. The Morgan fingerprint density at radius 2 is 2.00 bits per heavy atom. The number of ether oxygens (including phenoxy) is 3. The Morgan fingerprint density at radius 1 is 1.24 bits per heavy atom. The molecule has 222 valence electrons. The van der Waals surface area contributed by atoms with E-state index in [2.05, 4.69) is 20.5 Å². The molecule has 0 spiro atoms. The minimum absolute atomic E-state index is 0.00400. The van der Waals surface area contributed by atoms with Crippen LogP contribution in [0, 0.1) is 6.57 Å². The molecule has 2 N–H and O–H groups in total. The first-order valence-electron chi connectivity index (χ1n) is 13.0. The summed E-state index contributed by atoms with van der Waals surface area (Å²) in [6.07, 6.45) is -0.964. The third kappa shape index (κ3) is 7.42. The maximum absolute atomic E-state index is 13.5. The lowest BCUT2D eigenvalue weighted by Gasteiger charge is -2.34. The van der Waals surface area contributed by atoms with E-state index in [-0.39, 0.29) is 53.7 Å². The van der Waals surface area contributed by atoms with Gasteiger partial charge in [-0.05, 0) is 51.1 Å². The average Bonchev–Trinajstić information content (AvgIpc) is 2.94. The van der Waals surface area contributed by atoms with Crippen molar-refractivity contribution in [2.24, 2.45) is 0 Å². The van der Waals surface area contributed by atoms with Crippen LogP contribution in [0.2, 0.25) is 10.2 Å². The molecule has 0 radical (unpaired) electrons. The van der Waals surface area contributed by atoms with Gasteiger partial charge in [0.15, 0.2) is 12.4 Å². The number of likely N-dealkylation sites (N-methyl/N-ethyl adjacent to an activating group) is 1. The SMILES string of the molecule is [C-]#[N+]c1cc(Cl)c(Nc2ccc3c(c2)cc(OCC(=O)NC)c(=O)n3CC2CN(C(=O)OC(C)(C)C)CCO2)nc1Cl. The van der Waals surface area contributed by atoms with E-state index >= 15 is 0 Å². The molecule has 1 aliphatic rings. The summed E-state index contributed by atoms with van der Waals surface area (Å²) in [6, 6.07) is 8.18. The van der Waals surface area contributed by atoms with Gasteiger partial charge in [-0.3, -0.25) is 9.59 Å². The van der Waals surface area contributed by atoms with Crippen molar-refractivity contribution in [2.45, 2.75) is 39.0 Å². The standard InChI is InChI=1S/C28H30Cl2N6O6/c1-28(2,3)42-27(39)35-8-9-40-18(13-35)14-36-21-7-6-17(33-25-19(29)12-20(31-4)24(30)34-25)10-16(21)11-22(26(36)38)41-15-23(37)32-5/h6-7,10-12,18H,8-9,13-15H2,1-3,5H3,(H,32,37)(H,33,34). The number of fused-ring (bicyclic) bond motifs is 1. The molecule has 1 saturated heterocycles. The summed E-state index contributed by atoms with van der Waals surface area (Å²) in [4.78, 5) is 47.1. The lowest BCUT2D eigenvalue weighted by Crippen LogP contribution is -2.49. The van der Waals surface area contributed by atoms with E-state index in [0.717, 1.165) is 0 Å². The summed E-state index contributed by atoms with van der Waals surface area (Å²) in [5.74, 6) is -0.195. The fraction of sp³-hybridized carbons (Fsp3) is 0.393. The van der Waals surface area contributed by atoms with E-state index in [1.165, 1.54) is 17.7 Å². The van der Waals surface area contributed by atoms with Crippen LogP contribution in [-0.2, 0) is 20.8 Å². The van der Waals surface area contributed by atoms with Gasteiger partial charge in [0.2, 0.25) is 5.69 Å². The quantitative estimate of drug-likeness (QED) is 0.287. The minimum atomic E-state index is -0.649. The topological polar surface area (TPSA) is 128 Å². The van der Waals surface area contributed by atoms with Gasteiger partial charge in [0.25, 0.3) is 11.5 Å². The van der Waals surface area contributed by atoms with E-state index in [4.69, 9.17) is 44.0 Å². The largest absolute Gasteiger partial charge is 0.478 e. The van der Waals surface area contributed by atoms with E-state index in [1.807, 2.05) is 0 Å². The van der Waals surface area contributed by atoms with Gasteiger partial charge in [-0.1, -0.05) is 23.2 Å². The van der Waals surface area contributed by atoms with Gasteiger partial charge in [0.05, 0.1) is 42.9 Å². The van der Waals surface area contributed by atoms with Crippen LogP contribution >= 0.6 is 23.2 Å². The van der Waals surface area contributed by atoms with Crippen molar-refractivity contribution in [1.29, 1.82) is 0 Å². The number of hydrogen-bond donors (Lipinski definition) is 2. The highest BCUT2D eigenvalue weighted by atomic mass is 35.5. The molecule has 0 aliphatic carbocycles. The Kier molecular flexibility index (Phi) is 9.46. The monoisotopic (exact) mass is 616 g/mol. The Hall–Kier alpha value is -4.05. The number of nitrogens with zero attached hydrogens (tertiary/aromatic N) is 4. The number of halogens is 2. The summed E-state index contributed by atoms with van der Waals surface area (Å²) in [5.41, 5.74) is 0.149. The molecular weight excluding hydrogens is 587 g/mol. The fourth-order valence-electron chi connectivity index (χ4n) is 4.22. The number of anilines is 2. The molecule has 0 saturated carbocycles. The predicted octanol–water partition coefficient (Wildman–Crippen LogP) is 4.76. The number of carbonyl (C=O) groups is 2. The number of hydrogen-bond acceptors (Lipinski definition) is 8. The molecule has 2 amide bonds. The first kappa shape index (κ1) is 30.9.